The molecule has 2 nitrogen and oxygen atoms in total. The molecule has 0 heterocycles. The molecule has 110 valence electrons. The van der Waals surface area contributed by atoms with E-state index in [0.29, 0.717) is 12.3 Å². The molecule has 0 aromatic heterocycles. The van der Waals surface area contributed by atoms with E-state index < -0.39 is 5.97 Å². The number of allylic oxidation sites excluding steroid dienone is 3. The average Bonchev–Trinajstić information content (AvgIpc) is 2.38. The summed E-state index contributed by atoms with van der Waals surface area (Å²) in [7, 11) is 0. The summed E-state index contributed by atoms with van der Waals surface area (Å²) in [5.74, 6) is -0.124. The summed E-state index contributed by atoms with van der Waals surface area (Å²) >= 11 is 0. The Labute approximate surface area is 118 Å². The molecule has 1 N–H and O–H groups in total. The first-order valence-electron chi connectivity index (χ1n) is 7.70. The number of carboxylic acids is 1. The first kappa shape index (κ1) is 17.9. The van der Waals surface area contributed by atoms with Gasteiger partial charge in [-0.1, -0.05) is 44.4 Å². The van der Waals surface area contributed by atoms with E-state index in [0.717, 1.165) is 25.7 Å². The number of unbranched alkanes of at least 4 members (excludes halogenated alkanes) is 4. The van der Waals surface area contributed by atoms with E-state index in [-0.39, 0.29) is 0 Å². The topological polar surface area (TPSA) is 37.3 Å². The van der Waals surface area contributed by atoms with Gasteiger partial charge in [0, 0.05) is 6.42 Å². The van der Waals surface area contributed by atoms with Crippen molar-refractivity contribution < 1.29 is 9.90 Å². The number of rotatable bonds is 13. The van der Waals surface area contributed by atoms with Gasteiger partial charge in [-0.25, -0.2) is 0 Å². The summed E-state index contributed by atoms with van der Waals surface area (Å²) in [5.41, 5.74) is 0. The van der Waals surface area contributed by atoms with Crippen LogP contribution < -0.4 is 0 Å². The Morgan fingerprint density at radius 3 is 2.53 bits per heavy atom. The van der Waals surface area contributed by atoms with E-state index in [1.165, 1.54) is 32.1 Å². The molecule has 0 bridgehead atoms. The van der Waals surface area contributed by atoms with Crippen LogP contribution in [0.5, 0.6) is 0 Å². The highest BCUT2D eigenvalue weighted by Crippen LogP contribution is 2.19. The molecule has 1 unspecified atom stereocenters. The predicted octanol–water partition coefficient (Wildman–Crippen LogP) is 5.35. The highest BCUT2D eigenvalue weighted by molar-refractivity contribution is 5.66. The summed E-state index contributed by atoms with van der Waals surface area (Å²) in [6, 6.07) is 0. The molecule has 19 heavy (non-hydrogen) atoms. The van der Waals surface area contributed by atoms with Gasteiger partial charge in [-0.2, -0.15) is 0 Å². The SMILES string of the molecule is C=CCCCCC(C=CCCCC)CCCC(=O)O. The third kappa shape index (κ3) is 13.2. The smallest absolute Gasteiger partial charge is 0.303 e. The van der Waals surface area contributed by atoms with Crippen LogP contribution in [-0.2, 0) is 4.79 Å². The maximum absolute atomic E-state index is 10.6. The van der Waals surface area contributed by atoms with Crippen LogP contribution in [0.25, 0.3) is 0 Å². The molecule has 0 spiro atoms. The molecule has 0 aromatic rings. The maximum Gasteiger partial charge on any atom is 0.303 e. The molecule has 0 amide bonds. The van der Waals surface area contributed by atoms with Gasteiger partial charge in [0.1, 0.15) is 0 Å². The quantitative estimate of drug-likeness (QED) is 0.360. The van der Waals surface area contributed by atoms with Gasteiger partial charge in [-0.15, -0.1) is 6.58 Å². The fraction of sp³-hybridized carbons (Fsp3) is 0.706. The summed E-state index contributed by atoms with van der Waals surface area (Å²) < 4.78 is 0. The van der Waals surface area contributed by atoms with Crippen LogP contribution in [0.1, 0.15) is 71.1 Å². The Hall–Kier alpha value is -1.05. The summed E-state index contributed by atoms with van der Waals surface area (Å²) in [6.07, 6.45) is 16.9. The molecular formula is C17H30O2. The van der Waals surface area contributed by atoms with E-state index in [9.17, 15) is 4.79 Å². The molecule has 0 aromatic carbocycles. The molecular weight excluding hydrogens is 236 g/mol. The Kier molecular flexibility index (Phi) is 12.6. The zero-order valence-corrected chi connectivity index (χ0v) is 12.4. The number of aliphatic carboxylic acids is 1. The number of carbonyl (C=O) groups is 1. The molecule has 2 heteroatoms. The van der Waals surface area contributed by atoms with Gasteiger partial charge in [-0.05, 0) is 44.4 Å². The van der Waals surface area contributed by atoms with Crippen molar-refractivity contribution >= 4 is 5.97 Å². The van der Waals surface area contributed by atoms with Gasteiger partial charge in [0.25, 0.3) is 0 Å². The van der Waals surface area contributed by atoms with Gasteiger partial charge < -0.3 is 5.11 Å². The molecule has 0 saturated carbocycles. The van der Waals surface area contributed by atoms with Crippen LogP contribution >= 0.6 is 0 Å². The van der Waals surface area contributed by atoms with E-state index in [1.807, 2.05) is 6.08 Å². The van der Waals surface area contributed by atoms with Crippen molar-refractivity contribution in [2.75, 3.05) is 0 Å². The summed E-state index contributed by atoms with van der Waals surface area (Å²) in [6.45, 7) is 5.94. The van der Waals surface area contributed by atoms with Crippen LogP contribution in [0.4, 0.5) is 0 Å². The van der Waals surface area contributed by atoms with E-state index in [4.69, 9.17) is 5.11 Å². The standard InChI is InChI=1S/C17H30O2/c1-3-5-7-9-12-16(13-10-8-6-4-2)14-11-15-17(18)19/h3,10,13,16H,1,4-9,11-12,14-15H2,2H3,(H,18,19). The molecule has 1 atom stereocenters. The average molecular weight is 266 g/mol. The lowest BCUT2D eigenvalue weighted by molar-refractivity contribution is -0.137. The molecule has 0 radical (unpaired) electrons. The highest BCUT2D eigenvalue weighted by Gasteiger charge is 2.06. The Bertz CT molecular complexity index is 256. The molecule has 0 aliphatic carbocycles. The normalized spacial score (nSPS) is 12.7. The van der Waals surface area contributed by atoms with Crippen LogP contribution in [0, 0.1) is 5.92 Å². The minimum atomic E-state index is -0.680. The maximum atomic E-state index is 10.6. The Morgan fingerprint density at radius 1 is 1.16 bits per heavy atom. The molecule has 0 rings (SSSR count). The summed E-state index contributed by atoms with van der Waals surface area (Å²) in [5, 5.41) is 8.69. The Balaban J connectivity index is 3.94. The zero-order chi connectivity index (χ0) is 14.3. The van der Waals surface area contributed by atoms with E-state index in [1.54, 1.807) is 0 Å². The Morgan fingerprint density at radius 2 is 1.89 bits per heavy atom. The lowest BCUT2D eigenvalue weighted by Gasteiger charge is -2.12. The van der Waals surface area contributed by atoms with Crippen LogP contribution in [0.3, 0.4) is 0 Å². The number of hydrogen-bond donors (Lipinski definition) is 1. The van der Waals surface area contributed by atoms with E-state index in [2.05, 4.69) is 25.7 Å². The first-order chi connectivity index (χ1) is 9.20. The molecule has 0 aliphatic heterocycles. The lowest BCUT2D eigenvalue weighted by Crippen LogP contribution is -2.00. The predicted molar refractivity (Wildman–Crippen MR) is 82.3 cm³/mol. The third-order valence-corrected chi connectivity index (χ3v) is 3.33. The van der Waals surface area contributed by atoms with Gasteiger partial charge in [0.05, 0.1) is 0 Å². The first-order valence-corrected chi connectivity index (χ1v) is 7.70. The minimum absolute atomic E-state index is 0.298. The number of hydrogen-bond acceptors (Lipinski definition) is 1. The fourth-order valence-electron chi connectivity index (χ4n) is 2.16. The van der Waals surface area contributed by atoms with Crippen molar-refractivity contribution in [2.45, 2.75) is 71.1 Å². The second-order valence-electron chi connectivity index (χ2n) is 5.19. The molecule has 0 fully saturated rings. The van der Waals surface area contributed by atoms with Gasteiger partial charge >= 0.3 is 5.97 Å². The highest BCUT2D eigenvalue weighted by atomic mass is 16.4. The van der Waals surface area contributed by atoms with Crippen LogP contribution in [-0.4, -0.2) is 11.1 Å². The second kappa shape index (κ2) is 13.4. The van der Waals surface area contributed by atoms with Gasteiger partial charge in [0.15, 0.2) is 0 Å². The van der Waals surface area contributed by atoms with Crippen molar-refractivity contribution in [1.82, 2.24) is 0 Å². The van der Waals surface area contributed by atoms with Crippen molar-refractivity contribution in [3.63, 3.8) is 0 Å². The second-order valence-corrected chi connectivity index (χ2v) is 5.19. The van der Waals surface area contributed by atoms with E-state index >= 15 is 0 Å². The largest absolute Gasteiger partial charge is 0.481 e. The van der Waals surface area contributed by atoms with Gasteiger partial charge in [0.2, 0.25) is 0 Å². The van der Waals surface area contributed by atoms with Crippen LogP contribution in [0.2, 0.25) is 0 Å². The van der Waals surface area contributed by atoms with Gasteiger partial charge in [-0.3, -0.25) is 4.79 Å². The zero-order valence-electron chi connectivity index (χ0n) is 12.4. The summed E-state index contributed by atoms with van der Waals surface area (Å²) in [4.78, 5) is 10.6. The van der Waals surface area contributed by atoms with Crippen molar-refractivity contribution in [3.8, 4) is 0 Å². The van der Waals surface area contributed by atoms with Crippen molar-refractivity contribution in [1.29, 1.82) is 0 Å². The van der Waals surface area contributed by atoms with Crippen molar-refractivity contribution in [2.24, 2.45) is 5.92 Å². The third-order valence-electron chi connectivity index (χ3n) is 3.33. The monoisotopic (exact) mass is 266 g/mol. The minimum Gasteiger partial charge on any atom is -0.481 e. The molecule has 0 aliphatic rings. The van der Waals surface area contributed by atoms with Crippen LogP contribution in [0.15, 0.2) is 24.8 Å². The molecule has 0 saturated heterocycles. The number of carboxylic acid groups (broad SMARTS) is 1. The fourth-order valence-corrected chi connectivity index (χ4v) is 2.16. The van der Waals surface area contributed by atoms with Crippen molar-refractivity contribution in [3.05, 3.63) is 24.8 Å². The lowest BCUT2D eigenvalue weighted by atomic mass is 9.94.